The van der Waals surface area contributed by atoms with Gasteiger partial charge >= 0.3 is 0 Å². The number of anilines is 1. The molecule has 0 fully saturated rings. The van der Waals surface area contributed by atoms with Crippen LogP contribution in [0.3, 0.4) is 0 Å². The molecule has 0 saturated carbocycles. The second kappa shape index (κ2) is 6.46. The lowest BCUT2D eigenvalue weighted by atomic mass is 10.1. The Bertz CT molecular complexity index is 773. The Morgan fingerprint density at radius 3 is 2.45 bits per heavy atom. The number of rotatable bonds is 5. The van der Waals surface area contributed by atoms with E-state index in [1.807, 2.05) is 31.1 Å². The van der Waals surface area contributed by atoms with Gasteiger partial charge in [0.2, 0.25) is 0 Å². The number of aryl methyl sites for hydroxylation is 1. The van der Waals surface area contributed by atoms with E-state index in [0.29, 0.717) is 12.2 Å². The number of sulfonamides is 1. The highest BCUT2D eigenvalue weighted by Gasteiger charge is 2.19. The number of nitrogens with one attached hydrogen (secondary N) is 1. The van der Waals surface area contributed by atoms with Crippen molar-refractivity contribution in [3.05, 3.63) is 59.4 Å². The summed E-state index contributed by atoms with van der Waals surface area (Å²) in [6, 6.07) is 10.9. The van der Waals surface area contributed by atoms with Crippen molar-refractivity contribution < 1.29 is 12.8 Å². The predicted molar refractivity (Wildman–Crippen MR) is 85.8 cm³/mol. The second-order valence-electron chi connectivity index (χ2n) is 5.42. The van der Waals surface area contributed by atoms with E-state index in [-0.39, 0.29) is 4.90 Å². The van der Waals surface area contributed by atoms with E-state index in [1.54, 1.807) is 13.0 Å². The van der Waals surface area contributed by atoms with Crippen LogP contribution < -0.4 is 4.72 Å². The number of hydrogen-bond donors (Lipinski definition) is 1. The zero-order chi connectivity index (χ0) is 16.3. The highest BCUT2D eigenvalue weighted by atomic mass is 32.2. The Morgan fingerprint density at radius 1 is 1.14 bits per heavy atom. The van der Waals surface area contributed by atoms with Crippen LogP contribution in [-0.2, 0) is 16.6 Å². The highest BCUT2D eigenvalue weighted by molar-refractivity contribution is 7.92. The molecule has 4 nitrogen and oxygen atoms in total. The van der Waals surface area contributed by atoms with Crippen LogP contribution in [0.2, 0.25) is 0 Å². The number of hydrogen-bond acceptors (Lipinski definition) is 3. The highest BCUT2D eigenvalue weighted by Crippen LogP contribution is 2.23. The smallest absolute Gasteiger partial charge is 0.264 e. The summed E-state index contributed by atoms with van der Waals surface area (Å²) in [5.41, 5.74) is 2.21. The molecule has 2 aromatic rings. The molecule has 1 N–H and O–H groups in total. The molecule has 0 unspecified atom stereocenters. The van der Waals surface area contributed by atoms with E-state index in [9.17, 15) is 12.8 Å². The van der Waals surface area contributed by atoms with Crippen molar-refractivity contribution in [2.45, 2.75) is 18.4 Å². The van der Waals surface area contributed by atoms with Crippen molar-refractivity contribution in [2.75, 3.05) is 18.8 Å². The lowest BCUT2D eigenvalue weighted by Gasteiger charge is -2.14. The Kier molecular flexibility index (Phi) is 4.83. The Hall–Kier alpha value is -1.92. The molecule has 2 rings (SSSR count). The summed E-state index contributed by atoms with van der Waals surface area (Å²) in [6.45, 7) is 2.49. The van der Waals surface area contributed by atoms with E-state index in [1.165, 1.54) is 18.2 Å². The minimum atomic E-state index is -3.95. The van der Waals surface area contributed by atoms with Crippen molar-refractivity contribution >= 4 is 15.7 Å². The van der Waals surface area contributed by atoms with Crippen molar-refractivity contribution in [2.24, 2.45) is 0 Å². The number of benzene rings is 2. The van der Waals surface area contributed by atoms with Crippen LogP contribution in [0.5, 0.6) is 0 Å². The fourth-order valence-corrected chi connectivity index (χ4v) is 3.31. The van der Waals surface area contributed by atoms with Crippen LogP contribution in [0.1, 0.15) is 11.1 Å². The molecule has 0 spiro atoms. The molecule has 22 heavy (non-hydrogen) atoms. The fraction of sp³-hybridized carbons (Fsp3) is 0.250. The van der Waals surface area contributed by atoms with Crippen molar-refractivity contribution in [3.63, 3.8) is 0 Å². The molecular weight excluding hydrogens is 303 g/mol. The van der Waals surface area contributed by atoms with Gasteiger partial charge in [-0.05, 0) is 50.3 Å². The van der Waals surface area contributed by atoms with Gasteiger partial charge in [-0.3, -0.25) is 4.72 Å². The van der Waals surface area contributed by atoms with Gasteiger partial charge in [-0.25, -0.2) is 12.8 Å². The van der Waals surface area contributed by atoms with Crippen molar-refractivity contribution in [1.29, 1.82) is 0 Å². The maximum absolute atomic E-state index is 13.7. The molecule has 2 aromatic carbocycles. The van der Waals surface area contributed by atoms with Gasteiger partial charge in [-0.15, -0.1) is 0 Å². The minimum Gasteiger partial charge on any atom is -0.305 e. The summed E-state index contributed by atoms with van der Waals surface area (Å²) >= 11 is 0. The Morgan fingerprint density at radius 2 is 1.82 bits per heavy atom. The summed E-state index contributed by atoms with van der Waals surface area (Å²) < 4.78 is 40.9. The molecule has 0 amide bonds. The maximum Gasteiger partial charge on any atom is 0.264 e. The normalized spacial score (nSPS) is 11.7. The molecule has 0 radical (unpaired) electrons. The van der Waals surface area contributed by atoms with Gasteiger partial charge in [-0.2, -0.15) is 0 Å². The summed E-state index contributed by atoms with van der Waals surface area (Å²) in [7, 11) is -0.0832. The largest absolute Gasteiger partial charge is 0.305 e. The molecule has 0 bridgehead atoms. The standard InChI is InChI=1S/C16H19FN2O2S/c1-12-8-9-13(11-19(2)3)10-15(12)18-22(20,21)16-7-5-4-6-14(16)17/h4-10,18H,11H2,1-3H3. The van der Waals surface area contributed by atoms with Gasteiger partial charge in [0.25, 0.3) is 10.0 Å². The summed E-state index contributed by atoms with van der Waals surface area (Å²) in [6.07, 6.45) is 0. The molecule has 6 heteroatoms. The van der Waals surface area contributed by atoms with Gasteiger partial charge in [0.05, 0.1) is 5.69 Å². The fourth-order valence-electron chi connectivity index (χ4n) is 2.11. The van der Waals surface area contributed by atoms with Crippen LogP contribution >= 0.6 is 0 Å². The first-order valence-corrected chi connectivity index (χ1v) is 8.29. The lowest BCUT2D eigenvalue weighted by molar-refractivity contribution is 0.402. The molecule has 0 atom stereocenters. The molecule has 0 heterocycles. The van der Waals surface area contributed by atoms with E-state index >= 15 is 0 Å². The maximum atomic E-state index is 13.7. The third-order valence-electron chi connectivity index (χ3n) is 3.17. The number of nitrogens with zero attached hydrogens (tertiary/aromatic N) is 1. The SMILES string of the molecule is Cc1ccc(CN(C)C)cc1NS(=O)(=O)c1ccccc1F. The molecule has 118 valence electrons. The summed E-state index contributed by atoms with van der Waals surface area (Å²) in [4.78, 5) is 1.63. The quantitative estimate of drug-likeness (QED) is 0.920. The van der Waals surface area contributed by atoms with Crippen LogP contribution in [0.4, 0.5) is 10.1 Å². The molecular formula is C16H19FN2O2S. The van der Waals surface area contributed by atoms with E-state index in [4.69, 9.17) is 0 Å². The first kappa shape index (κ1) is 16.5. The number of halogens is 1. The van der Waals surface area contributed by atoms with E-state index in [0.717, 1.165) is 17.2 Å². The van der Waals surface area contributed by atoms with E-state index < -0.39 is 15.8 Å². The lowest BCUT2D eigenvalue weighted by Crippen LogP contribution is -2.16. The predicted octanol–water partition coefficient (Wildman–Crippen LogP) is 3.00. The van der Waals surface area contributed by atoms with Crippen molar-refractivity contribution in [1.82, 2.24) is 4.90 Å². The molecule has 0 aliphatic carbocycles. The van der Waals surface area contributed by atoms with Crippen LogP contribution in [0.25, 0.3) is 0 Å². The summed E-state index contributed by atoms with van der Waals surface area (Å²) in [5, 5.41) is 0. The van der Waals surface area contributed by atoms with Crippen LogP contribution in [-0.4, -0.2) is 27.4 Å². The topological polar surface area (TPSA) is 49.4 Å². The minimum absolute atomic E-state index is 0.354. The van der Waals surface area contributed by atoms with Gasteiger partial charge in [0.1, 0.15) is 10.7 Å². The zero-order valence-electron chi connectivity index (χ0n) is 12.8. The third-order valence-corrected chi connectivity index (χ3v) is 4.57. The second-order valence-corrected chi connectivity index (χ2v) is 7.07. The van der Waals surface area contributed by atoms with Crippen LogP contribution in [0, 0.1) is 12.7 Å². The Labute approximate surface area is 130 Å². The first-order chi connectivity index (χ1) is 10.3. The van der Waals surface area contributed by atoms with E-state index in [2.05, 4.69) is 4.72 Å². The average Bonchev–Trinajstić information content (AvgIpc) is 2.42. The van der Waals surface area contributed by atoms with Crippen LogP contribution in [0.15, 0.2) is 47.4 Å². The molecule has 0 saturated heterocycles. The zero-order valence-corrected chi connectivity index (χ0v) is 13.6. The average molecular weight is 322 g/mol. The van der Waals surface area contributed by atoms with Gasteiger partial charge in [0, 0.05) is 6.54 Å². The monoisotopic (exact) mass is 322 g/mol. The van der Waals surface area contributed by atoms with Gasteiger partial charge in [-0.1, -0.05) is 24.3 Å². The molecule has 0 aromatic heterocycles. The van der Waals surface area contributed by atoms with Gasteiger partial charge in [0.15, 0.2) is 0 Å². The Balaban J connectivity index is 2.35. The molecule has 0 aliphatic heterocycles. The van der Waals surface area contributed by atoms with Gasteiger partial charge < -0.3 is 4.90 Å². The third kappa shape index (κ3) is 3.84. The summed E-state index contributed by atoms with van der Waals surface area (Å²) in [5.74, 6) is -0.767. The van der Waals surface area contributed by atoms with Crippen molar-refractivity contribution in [3.8, 4) is 0 Å². The first-order valence-electron chi connectivity index (χ1n) is 6.81. The molecule has 0 aliphatic rings.